The highest BCUT2D eigenvalue weighted by Crippen LogP contribution is 2.31. The van der Waals surface area contributed by atoms with Crippen molar-refractivity contribution in [3.8, 4) is 5.75 Å². The van der Waals surface area contributed by atoms with Crippen LogP contribution in [0.4, 0.5) is 10.5 Å². The molecule has 3 rings (SSSR count). The maximum Gasteiger partial charge on any atom is 0.514 e. The van der Waals surface area contributed by atoms with Gasteiger partial charge in [0.2, 0.25) is 5.91 Å². The first-order valence-corrected chi connectivity index (χ1v) is 11.0. The van der Waals surface area contributed by atoms with Crippen molar-refractivity contribution in [1.82, 2.24) is 0 Å². The van der Waals surface area contributed by atoms with E-state index in [2.05, 4.69) is 35.5 Å². The second-order valence-corrected chi connectivity index (χ2v) is 8.70. The lowest BCUT2D eigenvalue weighted by molar-refractivity contribution is -0.120. The van der Waals surface area contributed by atoms with Crippen LogP contribution in [0.5, 0.6) is 5.75 Å². The molecule has 2 aromatic carbocycles. The Kier molecular flexibility index (Phi) is 7.51. The Balaban J connectivity index is 1.74. The van der Waals surface area contributed by atoms with Crippen LogP contribution < -0.4 is 15.4 Å². The van der Waals surface area contributed by atoms with Gasteiger partial charge in [0, 0.05) is 16.7 Å². The maximum absolute atomic E-state index is 13.2. The third-order valence-electron chi connectivity index (χ3n) is 5.26. The molecular formula is C24H27BrN2O4. The van der Waals surface area contributed by atoms with Crippen LogP contribution in [0.25, 0.3) is 0 Å². The highest BCUT2D eigenvalue weighted by Gasteiger charge is 2.30. The Morgan fingerprint density at radius 3 is 2.81 bits per heavy atom. The summed E-state index contributed by atoms with van der Waals surface area (Å²) in [6.45, 7) is 8.25. The number of hydrogen-bond donors (Lipinski definition) is 1. The summed E-state index contributed by atoms with van der Waals surface area (Å²) in [5.41, 5.74) is 10.2. The number of anilines is 1. The van der Waals surface area contributed by atoms with Gasteiger partial charge in [-0.3, -0.25) is 4.79 Å². The minimum Gasteiger partial charge on any atom is -0.430 e. The monoisotopic (exact) mass is 486 g/mol. The molecule has 0 bridgehead atoms. The van der Waals surface area contributed by atoms with Crippen LogP contribution in [-0.4, -0.2) is 31.3 Å². The number of rotatable bonds is 6. The van der Waals surface area contributed by atoms with Crippen molar-refractivity contribution in [2.45, 2.75) is 32.7 Å². The van der Waals surface area contributed by atoms with Crippen LogP contribution in [0.1, 0.15) is 23.6 Å². The predicted molar refractivity (Wildman–Crippen MR) is 124 cm³/mol. The predicted octanol–water partition coefficient (Wildman–Crippen LogP) is 4.55. The number of para-hydroxylation sites is 1. The SMILES string of the molecule is C=CCOC(=O)Oc1cc(C)c(CC(N)C(=O)N2CC(C)Cc3ccccc32)c(Br)c1. The molecule has 0 aromatic heterocycles. The lowest BCUT2D eigenvalue weighted by Gasteiger charge is -2.34. The number of halogens is 1. The van der Waals surface area contributed by atoms with Crippen molar-refractivity contribution in [2.75, 3.05) is 18.1 Å². The van der Waals surface area contributed by atoms with Crippen molar-refractivity contribution in [3.63, 3.8) is 0 Å². The molecule has 1 amide bonds. The number of fused-ring (bicyclic) bond motifs is 1. The second kappa shape index (κ2) is 10.1. The van der Waals surface area contributed by atoms with Gasteiger partial charge in [0.1, 0.15) is 12.4 Å². The van der Waals surface area contributed by atoms with E-state index in [4.69, 9.17) is 15.2 Å². The molecule has 1 aliphatic heterocycles. The van der Waals surface area contributed by atoms with Gasteiger partial charge >= 0.3 is 6.16 Å². The molecule has 2 unspecified atom stereocenters. The highest BCUT2D eigenvalue weighted by atomic mass is 79.9. The van der Waals surface area contributed by atoms with Gasteiger partial charge in [-0.1, -0.05) is 53.7 Å². The molecule has 2 aromatic rings. The van der Waals surface area contributed by atoms with Gasteiger partial charge in [-0.2, -0.15) is 0 Å². The van der Waals surface area contributed by atoms with E-state index < -0.39 is 12.2 Å². The van der Waals surface area contributed by atoms with Gasteiger partial charge in [0.15, 0.2) is 0 Å². The largest absolute Gasteiger partial charge is 0.514 e. The van der Waals surface area contributed by atoms with E-state index in [1.807, 2.05) is 30.0 Å². The van der Waals surface area contributed by atoms with Gasteiger partial charge < -0.3 is 20.1 Å². The molecular weight excluding hydrogens is 460 g/mol. The van der Waals surface area contributed by atoms with E-state index in [0.717, 1.165) is 27.7 Å². The first-order valence-electron chi connectivity index (χ1n) is 10.2. The van der Waals surface area contributed by atoms with Crippen LogP contribution in [0.2, 0.25) is 0 Å². The number of hydrogen-bond acceptors (Lipinski definition) is 5. The lowest BCUT2D eigenvalue weighted by Crippen LogP contribution is -2.48. The number of nitrogens with zero attached hydrogens (tertiary/aromatic N) is 1. The quantitative estimate of drug-likeness (QED) is 0.367. The van der Waals surface area contributed by atoms with Crippen LogP contribution in [0.3, 0.4) is 0 Å². The highest BCUT2D eigenvalue weighted by molar-refractivity contribution is 9.10. The molecule has 2 atom stereocenters. The fraction of sp³-hybridized carbons (Fsp3) is 0.333. The number of ether oxygens (including phenoxy) is 2. The second-order valence-electron chi connectivity index (χ2n) is 7.85. The van der Waals surface area contributed by atoms with E-state index in [1.54, 1.807) is 12.1 Å². The first kappa shape index (κ1) is 23.0. The fourth-order valence-corrected chi connectivity index (χ4v) is 4.53. The molecule has 0 radical (unpaired) electrons. The van der Waals surface area contributed by atoms with E-state index in [0.29, 0.717) is 24.6 Å². The van der Waals surface area contributed by atoms with E-state index in [-0.39, 0.29) is 12.5 Å². The number of benzene rings is 2. The molecule has 0 spiro atoms. The van der Waals surface area contributed by atoms with Crippen molar-refractivity contribution in [2.24, 2.45) is 11.7 Å². The number of carbonyl (C=O) groups is 2. The summed E-state index contributed by atoms with van der Waals surface area (Å²) in [6.07, 6.45) is 1.98. The fourth-order valence-electron chi connectivity index (χ4n) is 3.83. The Morgan fingerprint density at radius 2 is 2.10 bits per heavy atom. The standard InChI is InChI=1S/C24H27BrN2O4/c1-4-9-30-24(29)31-18-11-16(3)19(20(25)12-18)13-21(26)23(28)27-14-15(2)10-17-7-5-6-8-22(17)27/h4-8,11-12,15,21H,1,9-10,13-14,26H2,2-3H3. The molecule has 0 fully saturated rings. The zero-order valence-corrected chi connectivity index (χ0v) is 19.4. The first-order chi connectivity index (χ1) is 14.8. The van der Waals surface area contributed by atoms with Crippen LogP contribution in [-0.2, 0) is 22.4 Å². The van der Waals surface area contributed by atoms with Crippen molar-refractivity contribution in [3.05, 3.63) is 70.2 Å². The molecule has 31 heavy (non-hydrogen) atoms. The summed E-state index contributed by atoms with van der Waals surface area (Å²) >= 11 is 3.52. The normalized spacial score (nSPS) is 16.3. The smallest absolute Gasteiger partial charge is 0.430 e. The van der Waals surface area contributed by atoms with Crippen molar-refractivity contribution < 1.29 is 19.1 Å². The molecule has 0 saturated carbocycles. The maximum atomic E-state index is 13.2. The molecule has 164 valence electrons. The van der Waals surface area contributed by atoms with Gasteiger partial charge in [-0.05, 0) is 60.6 Å². The average Bonchev–Trinajstić information content (AvgIpc) is 2.73. The van der Waals surface area contributed by atoms with Crippen LogP contribution in [0, 0.1) is 12.8 Å². The van der Waals surface area contributed by atoms with E-state index in [9.17, 15) is 9.59 Å². The molecule has 0 aliphatic carbocycles. The van der Waals surface area contributed by atoms with E-state index >= 15 is 0 Å². The Labute approximate surface area is 191 Å². The summed E-state index contributed by atoms with van der Waals surface area (Å²) < 4.78 is 10.7. The minimum absolute atomic E-state index is 0.0757. The summed E-state index contributed by atoms with van der Waals surface area (Å²) in [4.78, 5) is 26.7. The third-order valence-corrected chi connectivity index (χ3v) is 5.97. The number of nitrogens with two attached hydrogens (primary N) is 1. The van der Waals surface area contributed by atoms with Gasteiger partial charge in [0.05, 0.1) is 6.04 Å². The number of amides is 1. The molecule has 1 heterocycles. The molecule has 0 saturated heterocycles. The Hall–Kier alpha value is -2.64. The topological polar surface area (TPSA) is 81.9 Å². The van der Waals surface area contributed by atoms with Crippen LogP contribution in [0.15, 0.2) is 53.5 Å². The average molecular weight is 487 g/mol. The third kappa shape index (κ3) is 5.54. The molecule has 7 heteroatoms. The van der Waals surface area contributed by atoms with Crippen molar-refractivity contribution >= 4 is 33.7 Å². The van der Waals surface area contributed by atoms with Gasteiger partial charge in [-0.15, -0.1) is 0 Å². The van der Waals surface area contributed by atoms with Crippen molar-refractivity contribution in [1.29, 1.82) is 0 Å². The zero-order chi connectivity index (χ0) is 22.5. The molecule has 6 nitrogen and oxygen atoms in total. The summed E-state index contributed by atoms with van der Waals surface area (Å²) in [6, 6.07) is 10.7. The minimum atomic E-state index is -0.802. The van der Waals surface area contributed by atoms with Gasteiger partial charge in [0.25, 0.3) is 0 Å². The van der Waals surface area contributed by atoms with Gasteiger partial charge in [-0.25, -0.2) is 4.79 Å². The summed E-state index contributed by atoms with van der Waals surface area (Å²) in [7, 11) is 0. The summed E-state index contributed by atoms with van der Waals surface area (Å²) in [5, 5.41) is 0. The van der Waals surface area contributed by atoms with E-state index in [1.165, 1.54) is 11.6 Å². The Morgan fingerprint density at radius 1 is 1.35 bits per heavy atom. The zero-order valence-electron chi connectivity index (χ0n) is 17.8. The molecule has 2 N–H and O–H groups in total. The Bertz CT molecular complexity index is 968. The molecule has 1 aliphatic rings. The number of carbonyl (C=O) groups excluding carboxylic acids is 2. The lowest BCUT2D eigenvalue weighted by atomic mass is 9.92. The van der Waals surface area contributed by atoms with Crippen LogP contribution >= 0.6 is 15.9 Å². The number of aryl methyl sites for hydroxylation is 1. The summed E-state index contributed by atoms with van der Waals surface area (Å²) in [5.74, 6) is 0.622.